The Kier molecular flexibility index (Phi) is 4.37. The Hall–Kier alpha value is -2.63. The maximum Gasteiger partial charge on any atom is 0.348 e. The number of aryl methyl sites for hydroxylation is 2. The summed E-state index contributed by atoms with van der Waals surface area (Å²) in [5.74, 6) is 0.429. The number of carbonyl (C=O) groups excluding carboxylic acids is 1. The first-order chi connectivity index (χ1) is 9.99. The molecule has 0 unspecified atom stereocenters. The lowest BCUT2D eigenvalue weighted by atomic mass is 10.3. The molecule has 2 rings (SSSR count). The Morgan fingerprint density at radius 2 is 1.95 bits per heavy atom. The van der Waals surface area contributed by atoms with Gasteiger partial charge < -0.3 is 10.1 Å². The van der Waals surface area contributed by atoms with Gasteiger partial charge in [0.25, 0.3) is 0 Å². The first kappa shape index (κ1) is 14.8. The van der Waals surface area contributed by atoms with E-state index in [1.165, 1.54) is 4.57 Å². The van der Waals surface area contributed by atoms with E-state index < -0.39 is 5.69 Å². The van der Waals surface area contributed by atoms with Crippen molar-refractivity contribution < 1.29 is 9.53 Å². The van der Waals surface area contributed by atoms with Crippen molar-refractivity contribution in [2.45, 2.75) is 20.4 Å². The molecule has 0 fully saturated rings. The number of nitrogens with one attached hydrogen (secondary N) is 1. The standard InChI is InChI=1S/C15H17N3O3/c1-10-8-11(2)18(15(20)16-10)9-14(19)17-12-4-6-13(21-3)7-5-12/h4-8H,9H2,1-3H3,(H,17,19). The molecule has 0 bridgehead atoms. The van der Waals surface area contributed by atoms with Gasteiger partial charge >= 0.3 is 5.69 Å². The summed E-state index contributed by atoms with van der Waals surface area (Å²) in [5.41, 5.74) is 1.57. The fraction of sp³-hybridized carbons (Fsp3) is 0.267. The van der Waals surface area contributed by atoms with E-state index in [1.807, 2.05) is 0 Å². The predicted molar refractivity (Wildman–Crippen MR) is 79.6 cm³/mol. The van der Waals surface area contributed by atoms with Crippen molar-refractivity contribution in [3.8, 4) is 5.75 Å². The molecular weight excluding hydrogens is 270 g/mol. The number of hydrogen-bond acceptors (Lipinski definition) is 4. The number of ether oxygens (including phenoxy) is 1. The fourth-order valence-corrected chi connectivity index (χ4v) is 1.99. The van der Waals surface area contributed by atoms with E-state index in [-0.39, 0.29) is 12.5 Å². The summed E-state index contributed by atoms with van der Waals surface area (Å²) in [4.78, 5) is 27.6. The molecule has 2 aromatic rings. The monoisotopic (exact) mass is 287 g/mol. The zero-order valence-electron chi connectivity index (χ0n) is 12.2. The van der Waals surface area contributed by atoms with Gasteiger partial charge in [-0.1, -0.05) is 0 Å². The van der Waals surface area contributed by atoms with Gasteiger partial charge in [0.15, 0.2) is 0 Å². The van der Waals surface area contributed by atoms with Crippen LogP contribution in [-0.2, 0) is 11.3 Å². The average molecular weight is 287 g/mol. The van der Waals surface area contributed by atoms with Crippen molar-refractivity contribution in [3.63, 3.8) is 0 Å². The molecule has 1 amide bonds. The minimum absolute atomic E-state index is 0.0655. The van der Waals surface area contributed by atoms with Gasteiger partial charge in [0.05, 0.1) is 7.11 Å². The second-order valence-electron chi connectivity index (χ2n) is 4.68. The number of aromatic nitrogens is 2. The van der Waals surface area contributed by atoms with E-state index >= 15 is 0 Å². The van der Waals surface area contributed by atoms with Crippen molar-refractivity contribution in [3.05, 3.63) is 52.2 Å². The van der Waals surface area contributed by atoms with Crippen LogP contribution < -0.4 is 15.7 Å². The third-order valence-corrected chi connectivity index (χ3v) is 3.02. The maximum atomic E-state index is 12.0. The summed E-state index contributed by atoms with van der Waals surface area (Å²) in [6.07, 6.45) is 0. The molecule has 21 heavy (non-hydrogen) atoms. The SMILES string of the molecule is COc1ccc(NC(=O)Cn2c(C)cc(C)nc2=O)cc1. The van der Waals surface area contributed by atoms with Crippen LogP contribution in [-0.4, -0.2) is 22.6 Å². The number of benzene rings is 1. The van der Waals surface area contributed by atoms with Crippen molar-refractivity contribution in [1.82, 2.24) is 9.55 Å². The van der Waals surface area contributed by atoms with Crippen LogP contribution in [0, 0.1) is 13.8 Å². The molecule has 0 aliphatic heterocycles. The van der Waals surface area contributed by atoms with Gasteiger partial charge in [-0.25, -0.2) is 4.79 Å². The van der Waals surface area contributed by atoms with Gasteiger partial charge in [0.1, 0.15) is 12.3 Å². The van der Waals surface area contributed by atoms with E-state index in [4.69, 9.17) is 4.74 Å². The first-order valence-corrected chi connectivity index (χ1v) is 6.48. The van der Waals surface area contributed by atoms with Crippen molar-refractivity contribution in [2.75, 3.05) is 12.4 Å². The molecule has 110 valence electrons. The minimum Gasteiger partial charge on any atom is -0.497 e. The predicted octanol–water partition coefficient (Wildman–Crippen LogP) is 1.51. The number of hydrogen-bond donors (Lipinski definition) is 1. The number of methoxy groups -OCH3 is 1. The van der Waals surface area contributed by atoms with Gasteiger partial charge in [0, 0.05) is 17.1 Å². The Morgan fingerprint density at radius 1 is 1.29 bits per heavy atom. The summed E-state index contributed by atoms with van der Waals surface area (Å²) in [7, 11) is 1.58. The smallest absolute Gasteiger partial charge is 0.348 e. The number of rotatable bonds is 4. The number of nitrogens with zero attached hydrogens (tertiary/aromatic N) is 2. The van der Waals surface area contributed by atoms with Gasteiger partial charge in [-0.2, -0.15) is 4.98 Å². The summed E-state index contributed by atoms with van der Waals surface area (Å²) in [6.45, 7) is 3.46. The highest BCUT2D eigenvalue weighted by Crippen LogP contribution is 2.14. The number of amides is 1. The zero-order chi connectivity index (χ0) is 15.4. The second-order valence-corrected chi connectivity index (χ2v) is 4.68. The lowest BCUT2D eigenvalue weighted by Gasteiger charge is -2.10. The van der Waals surface area contributed by atoms with Crippen LogP contribution in [0.2, 0.25) is 0 Å². The molecule has 1 aromatic heterocycles. The molecule has 0 aliphatic rings. The molecule has 0 radical (unpaired) electrons. The topological polar surface area (TPSA) is 73.2 Å². The summed E-state index contributed by atoms with van der Waals surface area (Å²) < 4.78 is 6.39. The summed E-state index contributed by atoms with van der Waals surface area (Å²) >= 11 is 0. The minimum atomic E-state index is -0.419. The number of carbonyl (C=O) groups is 1. The van der Waals surface area contributed by atoms with Crippen molar-refractivity contribution in [1.29, 1.82) is 0 Å². The lowest BCUT2D eigenvalue weighted by molar-refractivity contribution is -0.116. The highest BCUT2D eigenvalue weighted by molar-refractivity contribution is 5.90. The van der Waals surface area contributed by atoms with Crippen LogP contribution >= 0.6 is 0 Å². The first-order valence-electron chi connectivity index (χ1n) is 6.48. The quantitative estimate of drug-likeness (QED) is 0.925. The van der Waals surface area contributed by atoms with Gasteiger partial charge in [0.2, 0.25) is 5.91 Å². The molecule has 6 nitrogen and oxygen atoms in total. The highest BCUT2D eigenvalue weighted by Gasteiger charge is 2.08. The van der Waals surface area contributed by atoms with Crippen LogP contribution in [0.1, 0.15) is 11.4 Å². The van der Waals surface area contributed by atoms with Gasteiger partial charge in [-0.05, 0) is 44.2 Å². The van der Waals surface area contributed by atoms with Gasteiger partial charge in [-0.3, -0.25) is 9.36 Å². The van der Waals surface area contributed by atoms with Crippen LogP contribution in [0.15, 0.2) is 35.1 Å². The van der Waals surface area contributed by atoms with E-state index in [2.05, 4.69) is 10.3 Å². The molecule has 0 saturated heterocycles. The van der Waals surface area contributed by atoms with E-state index in [0.29, 0.717) is 22.8 Å². The third kappa shape index (κ3) is 3.68. The number of anilines is 1. The lowest BCUT2D eigenvalue weighted by Crippen LogP contribution is -2.31. The van der Waals surface area contributed by atoms with Crippen LogP contribution in [0.25, 0.3) is 0 Å². The molecule has 0 spiro atoms. The molecule has 1 heterocycles. The van der Waals surface area contributed by atoms with E-state index in [1.54, 1.807) is 51.3 Å². The molecule has 0 aliphatic carbocycles. The normalized spacial score (nSPS) is 10.2. The highest BCUT2D eigenvalue weighted by atomic mass is 16.5. The largest absolute Gasteiger partial charge is 0.497 e. The van der Waals surface area contributed by atoms with Crippen molar-refractivity contribution >= 4 is 11.6 Å². The van der Waals surface area contributed by atoms with Crippen LogP contribution in [0.5, 0.6) is 5.75 Å². The Balaban J connectivity index is 2.10. The Bertz CT molecular complexity index is 705. The van der Waals surface area contributed by atoms with Gasteiger partial charge in [-0.15, -0.1) is 0 Å². The van der Waals surface area contributed by atoms with E-state index in [0.717, 1.165) is 0 Å². The molecule has 0 saturated carbocycles. The average Bonchev–Trinajstić information content (AvgIpc) is 2.43. The van der Waals surface area contributed by atoms with Crippen LogP contribution in [0.3, 0.4) is 0 Å². The Morgan fingerprint density at radius 3 is 2.52 bits per heavy atom. The molecule has 1 N–H and O–H groups in total. The third-order valence-electron chi connectivity index (χ3n) is 3.02. The molecule has 1 aromatic carbocycles. The maximum absolute atomic E-state index is 12.0. The zero-order valence-corrected chi connectivity index (χ0v) is 12.2. The molecule has 0 atom stereocenters. The Labute approximate surface area is 122 Å². The second kappa shape index (κ2) is 6.21. The molecular formula is C15H17N3O3. The van der Waals surface area contributed by atoms with Crippen molar-refractivity contribution in [2.24, 2.45) is 0 Å². The molecule has 6 heteroatoms. The fourth-order valence-electron chi connectivity index (χ4n) is 1.99. The summed E-state index contributed by atoms with van der Waals surface area (Å²) in [6, 6.07) is 8.74. The van der Waals surface area contributed by atoms with Crippen LogP contribution in [0.4, 0.5) is 5.69 Å². The van der Waals surface area contributed by atoms with E-state index in [9.17, 15) is 9.59 Å². The summed E-state index contributed by atoms with van der Waals surface area (Å²) in [5, 5.41) is 2.73.